The molecule has 2 rings (SSSR count). The average molecular weight is 240 g/mol. The molecule has 0 atom stereocenters. The normalized spacial score (nSPS) is 9.83. The quantitative estimate of drug-likeness (QED) is 0.877. The number of carbonyl (C=O) groups excluding carboxylic acids is 1. The molecule has 0 unspecified atom stereocenters. The monoisotopic (exact) mass is 240 g/mol. The second-order valence-electron chi connectivity index (χ2n) is 3.97. The summed E-state index contributed by atoms with van der Waals surface area (Å²) in [5, 5.41) is 11.4. The smallest absolute Gasteiger partial charge is 0.259 e. The maximum atomic E-state index is 12.0. The summed E-state index contributed by atoms with van der Waals surface area (Å²) in [5.74, 6) is 1.09. The number of benzene rings is 1. The Balaban J connectivity index is 2.16. The van der Waals surface area contributed by atoms with Gasteiger partial charge < -0.3 is 9.73 Å². The number of nitrogens with one attached hydrogen (secondary N) is 1. The maximum absolute atomic E-state index is 12.0. The molecule has 0 aliphatic rings. The van der Waals surface area contributed by atoms with E-state index < -0.39 is 0 Å². The minimum atomic E-state index is -0.214. The first-order chi connectivity index (χ1) is 8.60. The number of hydrogen-bond donors (Lipinski definition) is 1. The van der Waals surface area contributed by atoms with E-state index in [0.717, 1.165) is 0 Å². The number of anilines is 1. The van der Waals surface area contributed by atoms with Gasteiger partial charge in [0.25, 0.3) is 5.91 Å². The lowest BCUT2D eigenvalue weighted by molar-refractivity contribution is 0.102. The van der Waals surface area contributed by atoms with Gasteiger partial charge in [-0.05, 0) is 44.2 Å². The fourth-order valence-corrected chi connectivity index (χ4v) is 1.68. The zero-order valence-electron chi connectivity index (χ0n) is 10.2. The average Bonchev–Trinajstić information content (AvgIpc) is 2.69. The van der Waals surface area contributed by atoms with Crippen molar-refractivity contribution in [1.29, 1.82) is 5.26 Å². The highest BCUT2D eigenvalue weighted by Gasteiger charge is 2.13. The van der Waals surface area contributed by atoms with Crippen LogP contribution in [0.15, 0.2) is 34.7 Å². The molecule has 0 saturated carbocycles. The SMILES string of the molecule is Cc1cc(C(=O)Nc2ccc(C#N)cc2)c(C)o1. The van der Waals surface area contributed by atoms with Gasteiger partial charge in [0.1, 0.15) is 11.5 Å². The van der Waals surface area contributed by atoms with Crippen LogP contribution in [0.25, 0.3) is 0 Å². The summed E-state index contributed by atoms with van der Waals surface area (Å²) < 4.78 is 5.31. The van der Waals surface area contributed by atoms with E-state index in [-0.39, 0.29) is 5.91 Å². The Labute approximate surface area is 105 Å². The number of nitriles is 1. The highest BCUT2D eigenvalue weighted by molar-refractivity contribution is 6.05. The largest absolute Gasteiger partial charge is 0.466 e. The molecule has 1 aromatic carbocycles. The number of hydrogen-bond acceptors (Lipinski definition) is 3. The molecular weight excluding hydrogens is 228 g/mol. The predicted octanol–water partition coefficient (Wildman–Crippen LogP) is 3.02. The predicted molar refractivity (Wildman–Crippen MR) is 67.3 cm³/mol. The molecule has 1 amide bonds. The molecule has 0 spiro atoms. The van der Waals surface area contributed by atoms with Gasteiger partial charge in [0.2, 0.25) is 0 Å². The van der Waals surface area contributed by atoms with Gasteiger partial charge in [0, 0.05) is 5.69 Å². The highest BCUT2D eigenvalue weighted by Crippen LogP contribution is 2.16. The summed E-state index contributed by atoms with van der Waals surface area (Å²) >= 11 is 0. The third-order valence-electron chi connectivity index (χ3n) is 2.56. The molecule has 0 aliphatic heterocycles. The van der Waals surface area contributed by atoms with Crippen molar-refractivity contribution in [2.75, 3.05) is 5.32 Å². The maximum Gasteiger partial charge on any atom is 0.259 e. The van der Waals surface area contributed by atoms with Gasteiger partial charge in [0.05, 0.1) is 17.2 Å². The fourth-order valence-electron chi connectivity index (χ4n) is 1.68. The van der Waals surface area contributed by atoms with Crippen molar-refractivity contribution in [3.63, 3.8) is 0 Å². The Morgan fingerprint density at radius 2 is 1.94 bits per heavy atom. The van der Waals surface area contributed by atoms with Crippen LogP contribution < -0.4 is 5.32 Å². The van der Waals surface area contributed by atoms with Crippen molar-refractivity contribution in [3.8, 4) is 6.07 Å². The van der Waals surface area contributed by atoms with Gasteiger partial charge in [-0.2, -0.15) is 5.26 Å². The molecule has 0 bridgehead atoms. The van der Waals surface area contributed by atoms with Crippen LogP contribution in [-0.2, 0) is 0 Å². The summed E-state index contributed by atoms with van der Waals surface area (Å²) in [4.78, 5) is 12.0. The van der Waals surface area contributed by atoms with Gasteiger partial charge in [-0.1, -0.05) is 0 Å². The first kappa shape index (κ1) is 11.9. The Kier molecular flexibility index (Phi) is 3.16. The molecule has 18 heavy (non-hydrogen) atoms. The van der Waals surface area contributed by atoms with E-state index in [1.807, 2.05) is 6.07 Å². The van der Waals surface area contributed by atoms with Crippen LogP contribution in [0.4, 0.5) is 5.69 Å². The van der Waals surface area contributed by atoms with Crippen molar-refractivity contribution in [1.82, 2.24) is 0 Å². The Morgan fingerprint density at radius 1 is 1.28 bits per heavy atom. The molecule has 0 aliphatic carbocycles. The van der Waals surface area contributed by atoms with Crippen LogP contribution in [0.5, 0.6) is 0 Å². The molecule has 0 fully saturated rings. The molecule has 0 radical (unpaired) electrons. The Hall–Kier alpha value is -2.54. The van der Waals surface area contributed by atoms with E-state index in [0.29, 0.717) is 28.3 Å². The molecule has 1 heterocycles. The summed E-state index contributed by atoms with van der Waals surface area (Å²) in [5.41, 5.74) is 1.73. The molecule has 2 aromatic rings. The van der Waals surface area contributed by atoms with Gasteiger partial charge in [-0.25, -0.2) is 0 Å². The van der Waals surface area contributed by atoms with Crippen molar-refractivity contribution >= 4 is 11.6 Å². The minimum Gasteiger partial charge on any atom is -0.466 e. The molecule has 0 saturated heterocycles. The van der Waals surface area contributed by atoms with Gasteiger partial charge >= 0.3 is 0 Å². The summed E-state index contributed by atoms with van der Waals surface area (Å²) in [6.45, 7) is 3.55. The van der Waals surface area contributed by atoms with E-state index >= 15 is 0 Å². The zero-order chi connectivity index (χ0) is 13.1. The number of aryl methyl sites for hydroxylation is 2. The minimum absolute atomic E-state index is 0.214. The van der Waals surface area contributed by atoms with Gasteiger partial charge in [-0.15, -0.1) is 0 Å². The number of rotatable bonds is 2. The standard InChI is InChI=1S/C14H12N2O2/c1-9-7-13(10(2)18-9)14(17)16-12-5-3-11(8-15)4-6-12/h3-7H,1-2H3,(H,16,17). The van der Waals surface area contributed by atoms with Gasteiger partial charge in [0.15, 0.2) is 0 Å². The van der Waals surface area contributed by atoms with E-state index in [4.69, 9.17) is 9.68 Å². The van der Waals surface area contributed by atoms with Crippen LogP contribution in [-0.4, -0.2) is 5.91 Å². The van der Waals surface area contributed by atoms with Crippen molar-refractivity contribution in [3.05, 3.63) is 53.0 Å². The molecule has 4 nitrogen and oxygen atoms in total. The third kappa shape index (κ3) is 2.41. The Morgan fingerprint density at radius 3 is 2.44 bits per heavy atom. The number of carbonyl (C=O) groups is 1. The van der Waals surface area contributed by atoms with E-state index in [9.17, 15) is 4.79 Å². The summed E-state index contributed by atoms with van der Waals surface area (Å²) in [7, 11) is 0. The van der Waals surface area contributed by atoms with Crippen LogP contribution in [0.1, 0.15) is 27.4 Å². The van der Waals surface area contributed by atoms with Crippen LogP contribution in [0, 0.1) is 25.2 Å². The molecule has 4 heteroatoms. The topological polar surface area (TPSA) is 66.0 Å². The van der Waals surface area contributed by atoms with E-state index in [2.05, 4.69) is 5.32 Å². The highest BCUT2D eigenvalue weighted by atomic mass is 16.3. The van der Waals surface area contributed by atoms with E-state index in [1.54, 1.807) is 44.2 Å². The molecular formula is C14H12N2O2. The molecule has 90 valence electrons. The van der Waals surface area contributed by atoms with Crippen molar-refractivity contribution in [2.24, 2.45) is 0 Å². The van der Waals surface area contributed by atoms with Gasteiger partial charge in [-0.3, -0.25) is 4.79 Å². The van der Waals surface area contributed by atoms with Crippen molar-refractivity contribution in [2.45, 2.75) is 13.8 Å². The lowest BCUT2D eigenvalue weighted by atomic mass is 10.2. The van der Waals surface area contributed by atoms with Crippen LogP contribution >= 0.6 is 0 Å². The number of furan rings is 1. The first-order valence-corrected chi connectivity index (χ1v) is 5.48. The first-order valence-electron chi connectivity index (χ1n) is 5.48. The fraction of sp³-hybridized carbons (Fsp3) is 0.143. The second-order valence-corrected chi connectivity index (χ2v) is 3.97. The number of nitrogens with zero attached hydrogens (tertiary/aromatic N) is 1. The lowest BCUT2D eigenvalue weighted by Crippen LogP contribution is -2.11. The second kappa shape index (κ2) is 4.76. The van der Waals surface area contributed by atoms with Crippen LogP contribution in [0.2, 0.25) is 0 Å². The van der Waals surface area contributed by atoms with Crippen LogP contribution in [0.3, 0.4) is 0 Å². The third-order valence-corrected chi connectivity index (χ3v) is 2.56. The summed E-state index contributed by atoms with van der Waals surface area (Å²) in [6.07, 6.45) is 0. The molecule has 1 aromatic heterocycles. The van der Waals surface area contributed by atoms with E-state index in [1.165, 1.54) is 0 Å². The number of amides is 1. The lowest BCUT2D eigenvalue weighted by Gasteiger charge is -2.03. The van der Waals surface area contributed by atoms with Crippen molar-refractivity contribution < 1.29 is 9.21 Å². The Bertz CT molecular complexity index is 618. The zero-order valence-corrected chi connectivity index (χ0v) is 10.2. The summed E-state index contributed by atoms with van der Waals surface area (Å²) in [6, 6.07) is 10.4. The molecule has 1 N–H and O–H groups in total.